The van der Waals surface area contributed by atoms with Crippen LogP contribution in [0.5, 0.6) is 5.75 Å². The van der Waals surface area contributed by atoms with Gasteiger partial charge in [-0.25, -0.2) is 4.79 Å². The van der Waals surface area contributed by atoms with Gasteiger partial charge in [0.1, 0.15) is 5.75 Å². The first kappa shape index (κ1) is 21.5. The van der Waals surface area contributed by atoms with Gasteiger partial charge in [-0.3, -0.25) is 4.79 Å². The van der Waals surface area contributed by atoms with Gasteiger partial charge in [0, 0.05) is 23.4 Å². The summed E-state index contributed by atoms with van der Waals surface area (Å²) in [6.45, 7) is 12.2. The summed E-state index contributed by atoms with van der Waals surface area (Å²) in [7, 11) is 2.71. The summed E-state index contributed by atoms with van der Waals surface area (Å²) in [6.07, 6.45) is 1.77. The first-order valence-electron chi connectivity index (χ1n) is 8.35. The second-order valence-electron chi connectivity index (χ2n) is 7.98. The van der Waals surface area contributed by atoms with Gasteiger partial charge >= 0.3 is 6.16 Å². The number of rotatable bonds is 4. The lowest BCUT2D eigenvalue weighted by Gasteiger charge is -2.29. The molecule has 1 amide bonds. The first-order chi connectivity index (χ1) is 11.9. The van der Waals surface area contributed by atoms with Gasteiger partial charge in [0.2, 0.25) is 0 Å². The lowest BCUT2D eigenvalue weighted by atomic mass is 9.79. The molecule has 0 unspecified atom stereocenters. The highest BCUT2D eigenvalue weighted by Gasteiger charge is 2.27. The number of anilines is 1. The van der Waals surface area contributed by atoms with Crippen LogP contribution in [-0.4, -0.2) is 26.3 Å². The Balaban J connectivity index is 3.54. The van der Waals surface area contributed by atoms with E-state index in [4.69, 9.17) is 9.47 Å². The summed E-state index contributed by atoms with van der Waals surface area (Å²) in [5.41, 5.74) is 1.83. The van der Waals surface area contributed by atoms with E-state index in [0.29, 0.717) is 11.4 Å². The minimum Gasteiger partial charge on any atom is -0.504 e. The molecule has 144 valence electrons. The van der Waals surface area contributed by atoms with Crippen molar-refractivity contribution in [1.82, 2.24) is 0 Å². The van der Waals surface area contributed by atoms with Crippen molar-refractivity contribution in [3.63, 3.8) is 0 Å². The Morgan fingerprint density at radius 1 is 0.962 bits per heavy atom. The quantitative estimate of drug-likeness (QED) is 0.368. The van der Waals surface area contributed by atoms with Crippen molar-refractivity contribution in [2.45, 2.75) is 52.4 Å². The zero-order valence-electron chi connectivity index (χ0n) is 16.9. The van der Waals surface area contributed by atoms with Crippen LogP contribution in [0, 0.1) is 0 Å². The topological polar surface area (TPSA) is 73.9 Å². The van der Waals surface area contributed by atoms with E-state index in [1.165, 1.54) is 26.6 Å². The molecule has 0 radical (unpaired) electrons. The third kappa shape index (κ3) is 5.79. The highest BCUT2D eigenvalue weighted by atomic mass is 16.7. The third-order valence-corrected chi connectivity index (χ3v) is 3.71. The maximum Gasteiger partial charge on any atom is 0.513 e. The third-order valence-electron chi connectivity index (χ3n) is 3.71. The van der Waals surface area contributed by atoms with Crippen LogP contribution in [0.1, 0.15) is 52.7 Å². The van der Waals surface area contributed by atoms with E-state index in [2.05, 4.69) is 30.8 Å². The number of hydrogen-bond acceptors (Lipinski definition) is 5. The predicted molar refractivity (Wildman–Crippen MR) is 102 cm³/mol. The SMILES string of the molecule is CO/C=C/C(=O)Nc1cc(OC(=O)OC)c(C(C)(C)C)cc1C(C)(C)C. The van der Waals surface area contributed by atoms with E-state index in [1.807, 2.05) is 26.8 Å². The lowest BCUT2D eigenvalue weighted by Crippen LogP contribution is -2.22. The monoisotopic (exact) mass is 363 g/mol. The maximum absolute atomic E-state index is 12.1. The fourth-order valence-corrected chi connectivity index (χ4v) is 2.41. The van der Waals surface area contributed by atoms with Crippen LogP contribution in [0.15, 0.2) is 24.5 Å². The van der Waals surface area contributed by atoms with E-state index >= 15 is 0 Å². The van der Waals surface area contributed by atoms with Crippen molar-refractivity contribution in [1.29, 1.82) is 0 Å². The highest BCUT2D eigenvalue weighted by Crippen LogP contribution is 2.40. The summed E-state index contributed by atoms with van der Waals surface area (Å²) >= 11 is 0. The van der Waals surface area contributed by atoms with E-state index in [0.717, 1.165) is 11.1 Å². The maximum atomic E-state index is 12.1. The molecular weight excluding hydrogens is 334 g/mol. The Labute approximate surface area is 155 Å². The smallest absolute Gasteiger partial charge is 0.504 e. The average molecular weight is 363 g/mol. The van der Waals surface area contributed by atoms with Crippen LogP contribution in [0.3, 0.4) is 0 Å². The zero-order valence-corrected chi connectivity index (χ0v) is 16.9. The van der Waals surface area contributed by atoms with Gasteiger partial charge in [-0.15, -0.1) is 0 Å². The van der Waals surface area contributed by atoms with Crippen LogP contribution in [0.2, 0.25) is 0 Å². The number of benzene rings is 1. The number of ether oxygens (including phenoxy) is 3. The molecule has 0 saturated heterocycles. The molecule has 1 N–H and O–H groups in total. The van der Waals surface area contributed by atoms with Crippen molar-refractivity contribution < 1.29 is 23.8 Å². The molecule has 1 rings (SSSR count). The molecule has 6 nitrogen and oxygen atoms in total. The molecular formula is C20H29NO5. The summed E-state index contributed by atoms with van der Waals surface area (Å²) in [5.74, 6) is 0.00764. The molecule has 0 heterocycles. The molecule has 0 atom stereocenters. The summed E-state index contributed by atoms with van der Waals surface area (Å²) in [6, 6.07) is 3.63. The summed E-state index contributed by atoms with van der Waals surface area (Å²) in [5, 5.41) is 2.82. The predicted octanol–water partition coefficient (Wildman–Crippen LogP) is 4.53. The van der Waals surface area contributed by atoms with Crippen molar-refractivity contribution in [3.05, 3.63) is 35.6 Å². The van der Waals surface area contributed by atoms with Gasteiger partial charge in [0.15, 0.2) is 0 Å². The van der Waals surface area contributed by atoms with Crippen LogP contribution in [-0.2, 0) is 25.1 Å². The average Bonchev–Trinajstić information content (AvgIpc) is 2.50. The van der Waals surface area contributed by atoms with Crippen molar-refractivity contribution >= 4 is 17.7 Å². The molecule has 0 saturated carbocycles. The van der Waals surface area contributed by atoms with Crippen LogP contribution < -0.4 is 10.1 Å². The molecule has 1 aromatic carbocycles. The molecule has 0 bridgehead atoms. The largest absolute Gasteiger partial charge is 0.513 e. The fraction of sp³-hybridized carbons (Fsp3) is 0.500. The van der Waals surface area contributed by atoms with E-state index in [-0.39, 0.29) is 16.7 Å². The number of nitrogens with one attached hydrogen (secondary N) is 1. The molecule has 0 spiro atoms. The van der Waals surface area contributed by atoms with E-state index in [9.17, 15) is 9.59 Å². The van der Waals surface area contributed by atoms with Gasteiger partial charge in [-0.1, -0.05) is 41.5 Å². The highest BCUT2D eigenvalue weighted by molar-refractivity contribution is 6.00. The normalized spacial score (nSPS) is 12.0. The zero-order chi connectivity index (χ0) is 20.1. The van der Waals surface area contributed by atoms with Crippen LogP contribution in [0.25, 0.3) is 0 Å². The van der Waals surface area contributed by atoms with E-state index in [1.54, 1.807) is 6.07 Å². The van der Waals surface area contributed by atoms with Gasteiger partial charge < -0.3 is 19.5 Å². The second-order valence-corrected chi connectivity index (χ2v) is 7.98. The van der Waals surface area contributed by atoms with Crippen molar-refractivity contribution in [3.8, 4) is 5.75 Å². The van der Waals surface area contributed by atoms with E-state index < -0.39 is 6.16 Å². The fourth-order valence-electron chi connectivity index (χ4n) is 2.41. The molecule has 0 aliphatic carbocycles. The number of methoxy groups -OCH3 is 2. The van der Waals surface area contributed by atoms with Crippen LogP contribution >= 0.6 is 0 Å². The molecule has 0 aliphatic rings. The van der Waals surface area contributed by atoms with Crippen molar-refractivity contribution in [2.24, 2.45) is 0 Å². The Morgan fingerprint density at radius 3 is 2.00 bits per heavy atom. The molecule has 6 heteroatoms. The van der Waals surface area contributed by atoms with Crippen LogP contribution in [0.4, 0.5) is 10.5 Å². The van der Waals surface area contributed by atoms with Crippen molar-refractivity contribution in [2.75, 3.05) is 19.5 Å². The molecule has 1 aromatic rings. The number of hydrogen-bond donors (Lipinski definition) is 1. The Kier molecular flexibility index (Phi) is 6.84. The second kappa shape index (κ2) is 8.25. The Bertz CT molecular complexity index is 693. The molecule has 0 fully saturated rings. The number of carbonyl (C=O) groups excluding carboxylic acids is 2. The van der Waals surface area contributed by atoms with Gasteiger partial charge in [-0.05, 0) is 22.5 Å². The summed E-state index contributed by atoms with van der Waals surface area (Å²) < 4.78 is 14.7. The number of amides is 1. The lowest BCUT2D eigenvalue weighted by molar-refractivity contribution is -0.112. The minimum absolute atomic E-state index is 0.239. The standard InChI is InChI=1S/C20H29NO5/c1-19(2,3)13-11-14(20(4,5)6)16(26-18(23)25-8)12-15(13)21-17(22)9-10-24-7/h9-12H,1-8H3,(H,21,22)/b10-9+. The molecule has 0 aliphatic heterocycles. The Morgan fingerprint density at radius 2 is 1.54 bits per heavy atom. The first-order valence-corrected chi connectivity index (χ1v) is 8.35. The van der Waals surface area contributed by atoms with Gasteiger partial charge in [0.25, 0.3) is 5.91 Å². The number of carbonyl (C=O) groups is 2. The molecule has 26 heavy (non-hydrogen) atoms. The minimum atomic E-state index is -0.810. The molecule has 0 aromatic heterocycles. The van der Waals surface area contributed by atoms with Gasteiger partial charge in [0.05, 0.1) is 20.5 Å². The summed E-state index contributed by atoms with van der Waals surface area (Å²) in [4.78, 5) is 23.8. The van der Waals surface area contributed by atoms with Gasteiger partial charge in [-0.2, -0.15) is 0 Å². The Hall–Kier alpha value is -2.50.